The SMILES string of the molecule is Nc1ccc2ccccc2c1N=Nc1ccc(-n2ccc3ccccc32)c2ccccc12. The van der Waals surface area contributed by atoms with Gasteiger partial charge in [-0.1, -0.05) is 72.8 Å². The number of para-hydroxylation sites is 1. The molecule has 5 aromatic carbocycles. The molecule has 0 amide bonds. The molecule has 32 heavy (non-hydrogen) atoms. The van der Waals surface area contributed by atoms with Crippen LogP contribution in [0.2, 0.25) is 0 Å². The van der Waals surface area contributed by atoms with E-state index < -0.39 is 0 Å². The van der Waals surface area contributed by atoms with E-state index in [0.717, 1.165) is 32.9 Å². The molecular formula is C28H20N4. The number of aromatic nitrogens is 1. The fourth-order valence-electron chi connectivity index (χ4n) is 4.35. The summed E-state index contributed by atoms with van der Waals surface area (Å²) in [6, 6.07) is 35.0. The summed E-state index contributed by atoms with van der Waals surface area (Å²) in [4.78, 5) is 0. The molecule has 0 spiro atoms. The van der Waals surface area contributed by atoms with E-state index in [0.29, 0.717) is 11.4 Å². The molecule has 2 N–H and O–H groups in total. The molecule has 0 unspecified atom stereocenters. The zero-order valence-electron chi connectivity index (χ0n) is 17.3. The monoisotopic (exact) mass is 412 g/mol. The molecule has 0 fully saturated rings. The Labute approximate surface area is 185 Å². The average molecular weight is 412 g/mol. The zero-order chi connectivity index (χ0) is 21.5. The van der Waals surface area contributed by atoms with E-state index >= 15 is 0 Å². The van der Waals surface area contributed by atoms with Crippen molar-refractivity contribution in [3.63, 3.8) is 0 Å². The molecule has 0 radical (unpaired) electrons. The normalized spacial score (nSPS) is 11.8. The van der Waals surface area contributed by atoms with Gasteiger partial charge in [0.1, 0.15) is 5.69 Å². The molecule has 0 aliphatic carbocycles. The van der Waals surface area contributed by atoms with Crippen molar-refractivity contribution < 1.29 is 0 Å². The summed E-state index contributed by atoms with van der Waals surface area (Å²) in [5.41, 5.74) is 10.7. The van der Waals surface area contributed by atoms with E-state index in [1.165, 1.54) is 10.9 Å². The fourth-order valence-corrected chi connectivity index (χ4v) is 4.35. The first-order valence-electron chi connectivity index (χ1n) is 10.6. The van der Waals surface area contributed by atoms with Crippen LogP contribution in [-0.4, -0.2) is 4.57 Å². The number of benzene rings is 5. The maximum Gasteiger partial charge on any atom is 0.116 e. The molecule has 1 heterocycles. The summed E-state index contributed by atoms with van der Waals surface area (Å²) in [5, 5.41) is 14.7. The number of fused-ring (bicyclic) bond motifs is 3. The minimum Gasteiger partial charge on any atom is -0.397 e. The van der Waals surface area contributed by atoms with Crippen molar-refractivity contribution in [3.05, 3.63) is 109 Å². The quantitative estimate of drug-likeness (QED) is 0.233. The molecule has 0 saturated heterocycles. The lowest BCUT2D eigenvalue weighted by Gasteiger charge is -2.11. The number of hydrogen-bond acceptors (Lipinski definition) is 3. The van der Waals surface area contributed by atoms with Crippen molar-refractivity contribution >= 4 is 49.5 Å². The number of azo groups is 1. The van der Waals surface area contributed by atoms with Gasteiger partial charge in [-0.2, -0.15) is 0 Å². The Kier molecular flexibility index (Phi) is 4.22. The molecule has 4 nitrogen and oxygen atoms in total. The van der Waals surface area contributed by atoms with Gasteiger partial charge in [0.15, 0.2) is 0 Å². The van der Waals surface area contributed by atoms with Crippen molar-refractivity contribution in [1.82, 2.24) is 4.57 Å². The van der Waals surface area contributed by atoms with Crippen LogP contribution in [0.5, 0.6) is 0 Å². The maximum atomic E-state index is 6.25. The van der Waals surface area contributed by atoms with E-state index in [9.17, 15) is 0 Å². The van der Waals surface area contributed by atoms with E-state index in [2.05, 4.69) is 81.7 Å². The van der Waals surface area contributed by atoms with E-state index in [1.807, 2.05) is 42.5 Å². The molecule has 0 aliphatic rings. The molecule has 152 valence electrons. The lowest BCUT2D eigenvalue weighted by molar-refractivity contribution is 1.14. The van der Waals surface area contributed by atoms with Crippen LogP contribution in [0.15, 0.2) is 120 Å². The minimum atomic E-state index is 0.618. The summed E-state index contributed by atoms with van der Waals surface area (Å²) in [5.74, 6) is 0. The molecule has 0 bridgehead atoms. The van der Waals surface area contributed by atoms with E-state index in [1.54, 1.807) is 0 Å². The predicted molar refractivity (Wildman–Crippen MR) is 133 cm³/mol. The van der Waals surface area contributed by atoms with Crippen LogP contribution in [0, 0.1) is 0 Å². The number of nitrogens with zero attached hydrogens (tertiary/aromatic N) is 3. The summed E-state index contributed by atoms with van der Waals surface area (Å²) in [7, 11) is 0. The van der Waals surface area contributed by atoms with Gasteiger partial charge in [0.25, 0.3) is 0 Å². The lowest BCUT2D eigenvalue weighted by atomic mass is 10.1. The Hall–Kier alpha value is -4.44. The van der Waals surface area contributed by atoms with Gasteiger partial charge in [-0.05, 0) is 41.1 Å². The molecule has 0 atom stereocenters. The average Bonchev–Trinajstić information content (AvgIpc) is 3.27. The van der Waals surface area contributed by atoms with Gasteiger partial charge in [-0.3, -0.25) is 0 Å². The van der Waals surface area contributed by atoms with Gasteiger partial charge in [0.2, 0.25) is 0 Å². The third-order valence-corrected chi connectivity index (χ3v) is 5.93. The highest BCUT2D eigenvalue weighted by Crippen LogP contribution is 2.36. The summed E-state index contributed by atoms with van der Waals surface area (Å²) < 4.78 is 2.22. The van der Waals surface area contributed by atoms with Crippen LogP contribution in [0.4, 0.5) is 17.1 Å². The van der Waals surface area contributed by atoms with Crippen molar-refractivity contribution in [2.75, 3.05) is 5.73 Å². The molecule has 6 aromatic rings. The third kappa shape index (κ3) is 2.93. The highest BCUT2D eigenvalue weighted by molar-refractivity contribution is 6.00. The van der Waals surface area contributed by atoms with Crippen molar-refractivity contribution in [3.8, 4) is 5.69 Å². The van der Waals surface area contributed by atoms with Crippen LogP contribution in [0.1, 0.15) is 0 Å². The minimum absolute atomic E-state index is 0.618. The van der Waals surface area contributed by atoms with Crippen molar-refractivity contribution in [2.45, 2.75) is 0 Å². The van der Waals surface area contributed by atoms with Gasteiger partial charge >= 0.3 is 0 Å². The second-order valence-corrected chi connectivity index (χ2v) is 7.82. The predicted octanol–water partition coefficient (Wildman–Crippen LogP) is 7.93. The highest BCUT2D eigenvalue weighted by Gasteiger charge is 2.10. The zero-order valence-corrected chi connectivity index (χ0v) is 17.3. The second kappa shape index (κ2) is 7.36. The van der Waals surface area contributed by atoms with Gasteiger partial charge in [-0.15, -0.1) is 10.2 Å². The number of nitrogens with two attached hydrogens (primary N) is 1. The van der Waals surface area contributed by atoms with Crippen molar-refractivity contribution in [2.24, 2.45) is 10.2 Å². The second-order valence-electron chi connectivity index (χ2n) is 7.82. The number of rotatable bonds is 3. The number of hydrogen-bond donors (Lipinski definition) is 1. The van der Waals surface area contributed by atoms with Crippen LogP contribution < -0.4 is 5.73 Å². The van der Waals surface area contributed by atoms with Gasteiger partial charge in [-0.25, -0.2) is 0 Å². The van der Waals surface area contributed by atoms with Crippen LogP contribution in [-0.2, 0) is 0 Å². The van der Waals surface area contributed by atoms with Crippen LogP contribution in [0.25, 0.3) is 38.1 Å². The van der Waals surface area contributed by atoms with Gasteiger partial charge in [0, 0.05) is 22.4 Å². The molecule has 1 aromatic heterocycles. The Morgan fingerprint density at radius 1 is 0.562 bits per heavy atom. The first kappa shape index (κ1) is 18.3. The number of anilines is 1. The standard InChI is InChI=1S/C28H20N4/c29-24-14-13-19-7-1-3-9-21(19)28(24)31-30-25-15-16-27(23-11-5-4-10-22(23)25)32-18-17-20-8-2-6-12-26(20)32/h1-18H,29H2. The van der Waals surface area contributed by atoms with Crippen LogP contribution >= 0.6 is 0 Å². The smallest absolute Gasteiger partial charge is 0.116 e. The third-order valence-electron chi connectivity index (χ3n) is 5.93. The summed E-state index contributed by atoms with van der Waals surface area (Å²) in [6.07, 6.45) is 2.12. The Morgan fingerprint density at radius 3 is 2.16 bits per heavy atom. The summed E-state index contributed by atoms with van der Waals surface area (Å²) in [6.45, 7) is 0. The first-order valence-corrected chi connectivity index (χ1v) is 10.6. The van der Waals surface area contributed by atoms with Gasteiger partial charge < -0.3 is 10.3 Å². The highest BCUT2D eigenvalue weighted by atomic mass is 15.1. The van der Waals surface area contributed by atoms with Crippen LogP contribution in [0.3, 0.4) is 0 Å². The molecule has 0 aliphatic heterocycles. The maximum absolute atomic E-state index is 6.25. The first-order chi connectivity index (χ1) is 15.8. The Balaban J connectivity index is 1.51. The molecule has 6 rings (SSSR count). The molecular weight excluding hydrogens is 392 g/mol. The van der Waals surface area contributed by atoms with E-state index in [4.69, 9.17) is 5.73 Å². The lowest BCUT2D eigenvalue weighted by Crippen LogP contribution is -1.93. The fraction of sp³-hybridized carbons (Fsp3) is 0. The topological polar surface area (TPSA) is 55.7 Å². The Bertz CT molecular complexity index is 1640. The molecule has 4 heteroatoms. The molecule has 0 saturated carbocycles. The Morgan fingerprint density at radius 2 is 1.28 bits per heavy atom. The van der Waals surface area contributed by atoms with E-state index in [-0.39, 0.29) is 0 Å². The summed E-state index contributed by atoms with van der Waals surface area (Å²) >= 11 is 0. The van der Waals surface area contributed by atoms with Crippen molar-refractivity contribution in [1.29, 1.82) is 0 Å². The largest absolute Gasteiger partial charge is 0.397 e. The van der Waals surface area contributed by atoms with Gasteiger partial charge in [0.05, 0.1) is 22.6 Å². The number of nitrogen functional groups attached to an aromatic ring is 1.